The molecule has 0 aliphatic carbocycles. The molecule has 0 spiro atoms. The van der Waals surface area contributed by atoms with Gasteiger partial charge in [0.2, 0.25) is 0 Å². The molecule has 1 heterocycles. The Bertz CT molecular complexity index is 611. The van der Waals surface area contributed by atoms with Gasteiger partial charge in [-0.1, -0.05) is 0 Å². The molecule has 1 N–H and O–H groups in total. The van der Waals surface area contributed by atoms with Gasteiger partial charge in [-0.15, -0.1) is 0 Å². The van der Waals surface area contributed by atoms with Gasteiger partial charge in [-0.05, 0) is 0 Å². The average Bonchev–Trinajstić information content (AvgIpc) is 2.77. The normalized spacial score (nSPS) is 11.3. The van der Waals surface area contributed by atoms with Crippen LogP contribution in [0.5, 0.6) is 0 Å². The largest absolute Gasteiger partial charge is 0.392 e. The molecule has 1 aromatic carbocycles. The number of aliphatic hydroxyl groups is 1. The van der Waals surface area contributed by atoms with Crippen LogP contribution in [0.3, 0.4) is 0 Å². The van der Waals surface area contributed by atoms with Crippen LogP contribution in [0, 0.1) is 17.5 Å². The number of alkyl halides is 2. The first kappa shape index (κ1) is 13.5. The SMILES string of the molecule is OCc1cnn(-c2cc(F)c(F)cc2F)c1C(F)F. The van der Waals surface area contributed by atoms with Crippen LogP contribution >= 0.6 is 0 Å². The standard InChI is InChI=1S/C11H7F5N2O/c12-6-1-8(14)9(2-7(6)13)18-10(11(15)16)5(4-19)3-17-18/h1-3,11,19H,4H2. The zero-order valence-electron chi connectivity index (χ0n) is 9.25. The van der Waals surface area contributed by atoms with Crippen molar-refractivity contribution in [2.45, 2.75) is 13.0 Å². The number of nitrogens with zero attached hydrogens (tertiary/aromatic N) is 2. The minimum Gasteiger partial charge on any atom is -0.392 e. The molecular weight excluding hydrogens is 271 g/mol. The quantitative estimate of drug-likeness (QED) is 0.692. The van der Waals surface area contributed by atoms with Gasteiger partial charge in [0.15, 0.2) is 17.5 Å². The Balaban J connectivity index is 2.65. The lowest BCUT2D eigenvalue weighted by Crippen LogP contribution is -2.07. The highest BCUT2D eigenvalue weighted by atomic mass is 19.3. The predicted molar refractivity (Wildman–Crippen MR) is 54.3 cm³/mol. The number of aliphatic hydroxyl groups excluding tert-OH is 1. The van der Waals surface area contributed by atoms with E-state index in [1.54, 1.807) is 0 Å². The number of hydrogen-bond acceptors (Lipinski definition) is 2. The molecule has 8 heteroatoms. The Morgan fingerprint density at radius 3 is 2.32 bits per heavy atom. The van der Waals surface area contributed by atoms with E-state index in [0.29, 0.717) is 10.7 Å². The second-order valence-corrected chi connectivity index (χ2v) is 3.64. The summed E-state index contributed by atoms with van der Waals surface area (Å²) in [5, 5.41) is 12.3. The maximum absolute atomic E-state index is 13.5. The molecule has 0 aliphatic rings. The summed E-state index contributed by atoms with van der Waals surface area (Å²) in [6.07, 6.45) is -2.15. The van der Waals surface area contributed by atoms with Gasteiger partial charge < -0.3 is 5.11 Å². The van der Waals surface area contributed by atoms with Gasteiger partial charge in [0.05, 0.1) is 12.8 Å². The van der Waals surface area contributed by atoms with Crippen molar-refractivity contribution >= 4 is 0 Å². The minimum absolute atomic E-state index is 0.223. The van der Waals surface area contributed by atoms with Crippen LogP contribution in [-0.2, 0) is 6.61 Å². The summed E-state index contributed by atoms with van der Waals surface area (Å²) < 4.78 is 65.4. The van der Waals surface area contributed by atoms with Crippen molar-refractivity contribution in [2.75, 3.05) is 0 Å². The topological polar surface area (TPSA) is 38.1 Å². The van der Waals surface area contributed by atoms with Gasteiger partial charge in [0.1, 0.15) is 11.4 Å². The smallest absolute Gasteiger partial charge is 0.280 e. The van der Waals surface area contributed by atoms with Crippen LogP contribution in [0.15, 0.2) is 18.3 Å². The van der Waals surface area contributed by atoms with E-state index >= 15 is 0 Å². The van der Waals surface area contributed by atoms with Crippen molar-refractivity contribution < 1.29 is 27.1 Å². The molecule has 1 aromatic heterocycles. The summed E-state index contributed by atoms with van der Waals surface area (Å²) in [7, 11) is 0. The maximum Gasteiger partial charge on any atom is 0.280 e. The van der Waals surface area contributed by atoms with E-state index in [1.165, 1.54) is 0 Å². The fraction of sp³-hybridized carbons (Fsp3) is 0.182. The summed E-state index contributed by atoms with van der Waals surface area (Å²) in [4.78, 5) is 0. The minimum atomic E-state index is -3.06. The third-order valence-electron chi connectivity index (χ3n) is 2.48. The fourth-order valence-corrected chi connectivity index (χ4v) is 1.61. The van der Waals surface area contributed by atoms with Crippen LogP contribution in [0.2, 0.25) is 0 Å². The molecule has 0 saturated carbocycles. The van der Waals surface area contributed by atoms with Crippen LogP contribution in [0.25, 0.3) is 5.69 Å². The molecule has 102 valence electrons. The Labute approximate surface area is 103 Å². The number of hydrogen-bond donors (Lipinski definition) is 1. The van der Waals surface area contributed by atoms with Crippen LogP contribution in [0.1, 0.15) is 17.7 Å². The van der Waals surface area contributed by atoms with E-state index in [2.05, 4.69) is 5.10 Å². The molecular formula is C11H7F5N2O. The highest BCUT2D eigenvalue weighted by Gasteiger charge is 2.23. The van der Waals surface area contributed by atoms with E-state index in [0.717, 1.165) is 6.20 Å². The highest BCUT2D eigenvalue weighted by Crippen LogP contribution is 2.27. The number of rotatable bonds is 3. The second kappa shape index (κ2) is 4.96. The first-order chi connectivity index (χ1) is 8.95. The molecule has 0 unspecified atom stereocenters. The average molecular weight is 278 g/mol. The third kappa shape index (κ3) is 2.30. The highest BCUT2D eigenvalue weighted by molar-refractivity contribution is 5.37. The Hall–Kier alpha value is -1.96. The van der Waals surface area contributed by atoms with E-state index in [4.69, 9.17) is 5.11 Å². The van der Waals surface area contributed by atoms with Gasteiger partial charge in [0, 0.05) is 17.7 Å². The lowest BCUT2D eigenvalue weighted by Gasteiger charge is -2.09. The molecule has 19 heavy (non-hydrogen) atoms. The zero-order valence-corrected chi connectivity index (χ0v) is 9.25. The van der Waals surface area contributed by atoms with E-state index in [1.807, 2.05) is 0 Å². The van der Waals surface area contributed by atoms with Gasteiger partial charge in [0.25, 0.3) is 6.43 Å². The summed E-state index contributed by atoms with van der Waals surface area (Å²) in [6, 6.07) is 0.658. The first-order valence-corrected chi connectivity index (χ1v) is 5.06. The summed E-state index contributed by atoms with van der Waals surface area (Å²) in [5.74, 6) is -4.07. The first-order valence-electron chi connectivity index (χ1n) is 5.06. The molecule has 3 nitrogen and oxygen atoms in total. The number of aromatic nitrogens is 2. The Morgan fingerprint density at radius 1 is 1.11 bits per heavy atom. The number of halogens is 5. The molecule has 2 rings (SSSR count). The fourth-order valence-electron chi connectivity index (χ4n) is 1.61. The molecule has 0 fully saturated rings. The van der Waals surface area contributed by atoms with Crippen molar-refractivity contribution in [1.82, 2.24) is 9.78 Å². The van der Waals surface area contributed by atoms with E-state index in [-0.39, 0.29) is 11.6 Å². The lowest BCUT2D eigenvalue weighted by molar-refractivity contribution is 0.138. The predicted octanol–water partition coefficient (Wildman–Crippen LogP) is 2.72. The van der Waals surface area contributed by atoms with Crippen LogP contribution < -0.4 is 0 Å². The van der Waals surface area contributed by atoms with Crippen LogP contribution in [-0.4, -0.2) is 14.9 Å². The monoisotopic (exact) mass is 278 g/mol. The van der Waals surface area contributed by atoms with Crippen LogP contribution in [0.4, 0.5) is 22.0 Å². The van der Waals surface area contributed by atoms with Crippen molar-refractivity contribution in [3.63, 3.8) is 0 Å². The van der Waals surface area contributed by atoms with Crippen molar-refractivity contribution in [1.29, 1.82) is 0 Å². The summed E-state index contributed by atoms with van der Waals surface area (Å²) in [6.45, 7) is -0.731. The number of benzene rings is 1. The Morgan fingerprint density at radius 2 is 1.74 bits per heavy atom. The van der Waals surface area contributed by atoms with Crippen molar-refractivity contribution in [3.8, 4) is 5.69 Å². The van der Waals surface area contributed by atoms with Gasteiger partial charge in [-0.3, -0.25) is 0 Å². The van der Waals surface area contributed by atoms with Crippen molar-refractivity contribution in [3.05, 3.63) is 47.0 Å². The maximum atomic E-state index is 13.5. The summed E-state index contributed by atoms with van der Waals surface area (Å²) >= 11 is 0. The summed E-state index contributed by atoms with van der Waals surface area (Å²) in [5.41, 5.74) is -1.65. The van der Waals surface area contributed by atoms with Gasteiger partial charge in [-0.25, -0.2) is 26.6 Å². The molecule has 0 amide bonds. The molecule has 0 aliphatic heterocycles. The van der Waals surface area contributed by atoms with Crippen molar-refractivity contribution in [2.24, 2.45) is 0 Å². The second-order valence-electron chi connectivity index (χ2n) is 3.64. The third-order valence-corrected chi connectivity index (χ3v) is 2.48. The molecule has 0 radical (unpaired) electrons. The molecule has 0 bridgehead atoms. The van der Waals surface area contributed by atoms with E-state index < -0.39 is 41.9 Å². The zero-order chi connectivity index (χ0) is 14.2. The molecule has 0 atom stereocenters. The molecule has 0 saturated heterocycles. The molecule has 2 aromatic rings. The lowest BCUT2D eigenvalue weighted by atomic mass is 10.2. The van der Waals surface area contributed by atoms with E-state index in [9.17, 15) is 22.0 Å². The van der Waals surface area contributed by atoms with Gasteiger partial charge in [-0.2, -0.15) is 5.10 Å². The Kier molecular flexibility index (Phi) is 3.52. The van der Waals surface area contributed by atoms with Gasteiger partial charge >= 0.3 is 0 Å².